The minimum atomic E-state index is 0.0210. The Labute approximate surface area is 160 Å². The molecular formula is C21H29N3O3. The van der Waals surface area contributed by atoms with Crippen molar-refractivity contribution in [1.29, 1.82) is 0 Å². The Bertz CT molecular complexity index is 806. The fourth-order valence-electron chi connectivity index (χ4n) is 3.56. The van der Waals surface area contributed by atoms with Crippen molar-refractivity contribution in [1.82, 2.24) is 15.2 Å². The maximum absolute atomic E-state index is 12.8. The predicted octanol–water partition coefficient (Wildman–Crippen LogP) is 3.33. The lowest BCUT2D eigenvalue weighted by Gasteiger charge is -2.31. The van der Waals surface area contributed by atoms with Crippen LogP contribution in [0.15, 0.2) is 24.3 Å². The molecule has 0 unspecified atom stereocenters. The third-order valence-corrected chi connectivity index (χ3v) is 5.46. The summed E-state index contributed by atoms with van der Waals surface area (Å²) < 4.78 is 5.23. The van der Waals surface area contributed by atoms with Gasteiger partial charge in [-0.2, -0.15) is 0 Å². The number of methoxy groups -OCH3 is 1. The molecule has 1 saturated heterocycles. The predicted molar refractivity (Wildman–Crippen MR) is 106 cm³/mol. The number of aromatic amines is 1. The molecule has 1 fully saturated rings. The second-order valence-corrected chi connectivity index (χ2v) is 7.45. The van der Waals surface area contributed by atoms with Crippen molar-refractivity contribution in [2.45, 2.75) is 45.6 Å². The summed E-state index contributed by atoms with van der Waals surface area (Å²) in [6, 6.07) is 7.85. The van der Waals surface area contributed by atoms with E-state index in [1.165, 1.54) is 0 Å². The van der Waals surface area contributed by atoms with Gasteiger partial charge in [0.25, 0.3) is 5.91 Å². The zero-order valence-electron chi connectivity index (χ0n) is 16.4. The number of nitrogens with zero attached hydrogens (tertiary/aromatic N) is 1. The van der Waals surface area contributed by atoms with E-state index in [1.807, 2.05) is 36.1 Å². The molecule has 2 N–H and O–H groups in total. The number of likely N-dealkylation sites (tertiary alicyclic amines) is 1. The van der Waals surface area contributed by atoms with E-state index in [1.54, 1.807) is 7.11 Å². The fraction of sp³-hybridized carbons (Fsp3) is 0.524. The van der Waals surface area contributed by atoms with Gasteiger partial charge >= 0.3 is 0 Å². The quantitative estimate of drug-likeness (QED) is 0.818. The molecule has 2 amide bonds. The number of H-pyrrole nitrogens is 1. The van der Waals surface area contributed by atoms with Crippen LogP contribution in [0.5, 0.6) is 5.75 Å². The Kier molecular flexibility index (Phi) is 6.04. The first-order valence-electron chi connectivity index (χ1n) is 9.75. The number of fused-ring (bicyclic) bond motifs is 1. The number of carbonyl (C=O) groups excluding carboxylic acids is 2. The molecule has 0 radical (unpaired) electrons. The first-order chi connectivity index (χ1) is 13.0. The molecule has 1 aliphatic rings. The number of ether oxygens (including phenoxy) is 1. The van der Waals surface area contributed by atoms with Crippen LogP contribution in [-0.2, 0) is 4.79 Å². The molecule has 3 rings (SSSR count). The summed E-state index contributed by atoms with van der Waals surface area (Å²) in [6.45, 7) is 5.47. The summed E-state index contributed by atoms with van der Waals surface area (Å²) in [4.78, 5) is 30.0. The molecule has 2 heterocycles. The van der Waals surface area contributed by atoms with Gasteiger partial charge in [-0.05, 0) is 50.3 Å². The van der Waals surface area contributed by atoms with Gasteiger partial charge in [-0.1, -0.05) is 6.92 Å². The summed E-state index contributed by atoms with van der Waals surface area (Å²) in [5.74, 6) is 1.26. The number of nitrogens with one attached hydrogen (secondary N) is 2. The maximum atomic E-state index is 12.8. The average molecular weight is 371 g/mol. The first-order valence-corrected chi connectivity index (χ1v) is 9.75. The van der Waals surface area contributed by atoms with E-state index in [0.717, 1.165) is 35.9 Å². The largest absolute Gasteiger partial charge is 0.497 e. The molecule has 2 aromatic rings. The Morgan fingerprint density at radius 2 is 2.04 bits per heavy atom. The van der Waals surface area contributed by atoms with Gasteiger partial charge in [-0.15, -0.1) is 0 Å². The van der Waals surface area contributed by atoms with Crippen LogP contribution in [0.4, 0.5) is 0 Å². The summed E-state index contributed by atoms with van der Waals surface area (Å²) in [5, 5.41) is 4.02. The zero-order chi connectivity index (χ0) is 19.4. The molecule has 6 heteroatoms. The van der Waals surface area contributed by atoms with Crippen LogP contribution in [0.25, 0.3) is 10.9 Å². The van der Waals surface area contributed by atoms with Crippen LogP contribution in [0, 0.1) is 5.92 Å². The average Bonchev–Trinajstić information content (AvgIpc) is 3.10. The van der Waals surface area contributed by atoms with E-state index in [-0.39, 0.29) is 17.9 Å². The smallest absolute Gasteiger partial charge is 0.270 e. The van der Waals surface area contributed by atoms with Crippen LogP contribution in [0.2, 0.25) is 0 Å². The van der Waals surface area contributed by atoms with Crippen LogP contribution in [0.1, 0.15) is 50.0 Å². The normalized spacial score (nSPS) is 16.3. The van der Waals surface area contributed by atoms with Crippen LogP contribution in [-0.4, -0.2) is 47.9 Å². The number of amides is 2. The molecule has 146 valence electrons. The molecule has 1 atom stereocenters. The van der Waals surface area contributed by atoms with Crippen molar-refractivity contribution < 1.29 is 14.3 Å². The standard InChI is InChI=1S/C21H29N3O3/c1-4-14(2)22-20(25)11-15-7-9-24(10-8-15)21(26)19-12-16-5-6-17(27-3)13-18(16)23-19/h5-6,12-15,23H,4,7-11H2,1-3H3,(H,22,25)/t14-/m0/s1. The molecule has 0 aliphatic carbocycles. The number of carbonyl (C=O) groups is 2. The molecule has 27 heavy (non-hydrogen) atoms. The lowest BCUT2D eigenvalue weighted by Crippen LogP contribution is -2.40. The molecule has 1 aromatic carbocycles. The highest BCUT2D eigenvalue weighted by atomic mass is 16.5. The molecule has 1 aromatic heterocycles. The van der Waals surface area contributed by atoms with E-state index < -0.39 is 0 Å². The summed E-state index contributed by atoms with van der Waals surface area (Å²) >= 11 is 0. The summed E-state index contributed by atoms with van der Waals surface area (Å²) in [5.41, 5.74) is 1.50. The van der Waals surface area contributed by atoms with Gasteiger partial charge in [0.1, 0.15) is 11.4 Å². The van der Waals surface area contributed by atoms with Crippen LogP contribution < -0.4 is 10.1 Å². The lowest BCUT2D eigenvalue weighted by atomic mass is 9.93. The monoisotopic (exact) mass is 371 g/mol. The number of rotatable bonds is 6. The van der Waals surface area contributed by atoms with Gasteiger partial charge in [0, 0.05) is 42.5 Å². The second-order valence-electron chi connectivity index (χ2n) is 7.45. The molecule has 0 bridgehead atoms. The van der Waals surface area contributed by atoms with Crippen molar-refractivity contribution in [3.63, 3.8) is 0 Å². The molecular weight excluding hydrogens is 342 g/mol. The highest BCUT2D eigenvalue weighted by Gasteiger charge is 2.26. The van der Waals surface area contributed by atoms with Gasteiger partial charge in [0.05, 0.1) is 7.11 Å². The molecule has 1 aliphatic heterocycles. The Morgan fingerprint density at radius 1 is 1.30 bits per heavy atom. The van der Waals surface area contributed by atoms with E-state index >= 15 is 0 Å². The Hall–Kier alpha value is -2.50. The molecule has 6 nitrogen and oxygen atoms in total. The summed E-state index contributed by atoms with van der Waals surface area (Å²) in [6.07, 6.45) is 3.23. The van der Waals surface area contributed by atoms with Crippen LogP contribution in [0.3, 0.4) is 0 Å². The SMILES string of the molecule is CC[C@H](C)NC(=O)CC1CCN(C(=O)c2cc3ccc(OC)cc3[nH]2)CC1. The number of aromatic nitrogens is 1. The van der Waals surface area contributed by atoms with Crippen molar-refractivity contribution >= 4 is 22.7 Å². The molecule has 0 spiro atoms. The van der Waals surface area contributed by atoms with Crippen molar-refractivity contribution in [3.8, 4) is 5.75 Å². The van der Waals surface area contributed by atoms with Gasteiger partial charge < -0.3 is 19.9 Å². The van der Waals surface area contributed by atoms with Gasteiger partial charge in [0.15, 0.2) is 0 Å². The van der Waals surface area contributed by atoms with Crippen LogP contribution >= 0.6 is 0 Å². The van der Waals surface area contributed by atoms with E-state index in [0.29, 0.717) is 31.1 Å². The highest BCUT2D eigenvalue weighted by Crippen LogP contribution is 2.25. The second kappa shape index (κ2) is 8.46. The minimum absolute atomic E-state index is 0.0210. The van der Waals surface area contributed by atoms with Crippen molar-refractivity contribution in [3.05, 3.63) is 30.0 Å². The van der Waals surface area contributed by atoms with E-state index in [4.69, 9.17) is 4.74 Å². The first kappa shape index (κ1) is 19.3. The van der Waals surface area contributed by atoms with Gasteiger partial charge in [0.2, 0.25) is 5.91 Å². The Morgan fingerprint density at radius 3 is 2.70 bits per heavy atom. The van der Waals surface area contributed by atoms with Gasteiger partial charge in [-0.3, -0.25) is 9.59 Å². The Balaban J connectivity index is 1.56. The van der Waals surface area contributed by atoms with Crippen molar-refractivity contribution in [2.24, 2.45) is 5.92 Å². The highest BCUT2D eigenvalue weighted by molar-refractivity contribution is 5.98. The number of piperidine rings is 1. The maximum Gasteiger partial charge on any atom is 0.270 e. The van der Waals surface area contributed by atoms with Gasteiger partial charge in [-0.25, -0.2) is 0 Å². The topological polar surface area (TPSA) is 74.4 Å². The summed E-state index contributed by atoms with van der Waals surface area (Å²) in [7, 11) is 1.63. The number of benzene rings is 1. The third kappa shape index (κ3) is 4.62. The van der Waals surface area contributed by atoms with E-state index in [9.17, 15) is 9.59 Å². The molecule has 0 saturated carbocycles. The number of hydrogen-bond donors (Lipinski definition) is 2. The number of hydrogen-bond acceptors (Lipinski definition) is 3. The third-order valence-electron chi connectivity index (χ3n) is 5.46. The van der Waals surface area contributed by atoms with E-state index in [2.05, 4.69) is 17.2 Å². The lowest BCUT2D eigenvalue weighted by molar-refractivity contribution is -0.122. The minimum Gasteiger partial charge on any atom is -0.497 e. The zero-order valence-corrected chi connectivity index (χ0v) is 16.4. The fourth-order valence-corrected chi connectivity index (χ4v) is 3.56. The van der Waals surface area contributed by atoms with Crippen molar-refractivity contribution in [2.75, 3.05) is 20.2 Å².